The molecular formula is C15H18F3N5O. The van der Waals surface area contributed by atoms with Crippen molar-refractivity contribution < 1.29 is 18.0 Å². The van der Waals surface area contributed by atoms with Gasteiger partial charge in [-0.3, -0.25) is 14.1 Å². The van der Waals surface area contributed by atoms with Gasteiger partial charge in [0.15, 0.2) is 5.65 Å². The van der Waals surface area contributed by atoms with Gasteiger partial charge in [-0.05, 0) is 38.1 Å². The van der Waals surface area contributed by atoms with E-state index < -0.39 is 18.6 Å². The van der Waals surface area contributed by atoms with Gasteiger partial charge in [-0.25, -0.2) is 0 Å². The predicted molar refractivity (Wildman–Crippen MR) is 80.5 cm³/mol. The van der Waals surface area contributed by atoms with Gasteiger partial charge in [0.2, 0.25) is 5.91 Å². The summed E-state index contributed by atoms with van der Waals surface area (Å²) in [7, 11) is 0. The van der Waals surface area contributed by atoms with Crippen LogP contribution >= 0.6 is 0 Å². The molecule has 24 heavy (non-hydrogen) atoms. The van der Waals surface area contributed by atoms with Gasteiger partial charge in [0.05, 0.1) is 6.54 Å². The summed E-state index contributed by atoms with van der Waals surface area (Å²) in [6, 6.07) is 5.70. The van der Waals surface area contributed by atoms with Crippen LogP contribution in [0.25, 0.3) is 5.65 Å². The number of nitrogens with one attached hydrogen (secondary N) is 1. The maximum atomic E-state index is 12.1. The first-order valence-electron chi connectivity index (χ1n) is 7.78. The smallest absolute Gasteiger partial charge is 0.346 e. The van der Waals surface area contributed by atoms with Crippen molar-refractivity contribution in [3.8, 4) is 0 Å². The number of carbonyl (C=O) groups excluding carboxylic acids is 1. The predicted octanol–water partition coefficient (Wildman–Crippen LogP) is 1.59. The Labute approximate surface area is 136 Å². The first kappa shape index (κ1) is 16.7. The summed E-state index contributed by atoms with van der Waals surface area (Å²) in [5.41, 5.74) is 0.793. The molecule has 1 amide bonds. The van der Waals surface area contributed by atoms with Crippen LogP contribution in [0.3, 0.4) is 0 Å². The summed E-state index contributed by atoms with van der Waals surface area (Å²) in [4.78, 5) is 13.4. The summed E-state index contributed by atoms with van der Waals surface area (Å²) < 4.78 is 38.2. The summed E-state index contributed by atoms with van der Waals surface area (Å²) in [5.74, 6) is 0.530. The Morgan fingerprint density at radius 2 is 2.00 bits per heavy atom. The van der Waals surface area contributed by atoms with Crippen LogP contribution in [0, 0.1) is 0 Å². The lowest BCUT2D eigenvalue weighted by Crippen LogP contribution is -2.43. The van der Waals surface area contributed by atoms with E-state index in [-0.39, 0.29) is 12.5 Å². The highest BCUT2D eigenvalue weighted by molar-refractivity contribution is 5.78. The molecule has 0 radical (unpaired) electrons. The van der Waals surface area contributed by atoms with Crippen molar-refractivity contribution >= 4 is 11.6 Å². The van der Waals surface area contributed by atoms with E-state index in [0.717, 1.165) is 24.3 Å². The van der Waals surface area contributed by atoms with Crippen LogP contribution in [0.2, 0.25) is 0 Å². The minimum absolute atomic E-state index is 0.0105. The normalized spacial score (nSPS) is 17.3. The molecule has 1 saturated heterocycles. The molecule has 3 heterocycles. The van der Waals surface area contributed by atoms with Crippen LogP contribution < -0.4 is 5.32 Å². The molecule has 0 bridgehead atoms. The van der Waals surface area contributed by atoms with E-state index >= 15 is 0 Å². The van der Waals surface area contributed by atoms with Gasteiger partial charge in [-0.15, -0.1) is 10.2 Å². The highest BCUT2D eigenvalue weighted by Gasteiger charge is 2.29. The van der Waals surface area contributed by atoms with Gasteiger partial charge < -0.3 is 5.32 Å². The number of pyridine rings is 1. The third-order valence-electron chi connectivity index (χ3n) is 4.15. The van der Waals surface area contributed by atoms with E-state index in [9.17, 15) is 18.0 Å². The number of piperidine rings is 1. The number of aromatic nitrogens is 3. The first-order valence-corrected chi connectivity index (χ1v) is 7.78. The average Bonchev–Trinajstić information content (AvgIpc) is 2.97. The number of halogens is 3. The molecule has 9 heteroatoms. The molecular weight excluding hydrogens is 323 g/mol. The molecule has 1 aliphatic heterocycles. The number of hydrogen-bond acceptors (Lipinski definition) is 4. The molecule has 6 nitrogen and oxygen atoms in total. The molecule has 0 saturated carbocycles. The molecule has 0 unspecified atom stereocenters. The van der Waals surface area contributed by atoms with Crippen molar-refractivity contribution in [3.63, 3.8) is 0 Å². The van der Waals surface area contributed by atoms with Crippen LogP contribution in [0.15, 0.2) is 24.4 Å². The fraction of sp³-hybridized carbons (Fsp3) is 0.533. The number of alkyl halides is 3. The third kappa shape index (κ3) is 4.02. The van der Waals surface area contributed by atoms with Gasteiger partial charge in [0.25, 0.3) is 0 Å². The molecule has 0 aromatic carbocycles. The van der Waals surface area contributed by atoms with Crippen LogP contribution in [-0.4, -0.2) is 57.8 Å². The molecule has 0 aliphatic carbocycles. The summed E-state index contributed by atoms with van der Waals surface area (Å²) in [6.45, 7) is -0.00484. The third-order valence-corrected chi connectivity index (χ3v) is 4.15. The van der Waals surface area contributed by atoms with Crippen LogP contribution in [-0.2, 0) is 4.79 Å². The molecule has 2 aromatic rings. The lowest BCUT2D eigenvalue weighted by molar-refractivity contribution is -0.139. The van der Waals surface area contributed by atoms with E-state index in [0.29, 0.717) is 13.1 Å². The number of amides is 1. The number of fused-ring (bicyclic) bond motifs is 1. The SMILES string of the molecule is O=C(CN1CCC(c2nnc3ccccn23)CC1)NCC(F)(F)F. The van der Waals surface area contributed by atoms with E-state index in [2.05, 4.69) is 10.2 Å². The highest BCUT2D eigenvalue weighted by Crippen LogP contribution is 2.26. The Morgan fingerprint density at radius 3 is 2.71 bits per heavy atom. The van der Waals surface area contributed by atoms with Gasteiger partial charge in [0.1, 0.15) is 12.4 Å². The zero-order chi connectivity index (χ0) is 17.2. The minimum Gasteiger partial charge on any atom is -0.346 e. The first-order chi connectivity index (χ1) is 11.4. The molecule has 1 fully saturated rings. The van der Waals surface area contributed by atoms with Crippen LogP contribution in [0.1, 0.15) is 24.6 Å². The number of carbonyl (C=O) groups is 1. The number of nitrogens with zero attached hydrogens (tertiary/aromatic N) is 4. The Morgan fingerprint density at radius 1 is 1.25 bits per heavy atom. The minimum atomic E-state index is -4.38. The van der Waals surface area contributed by atoms with Crippen molar-refractivity contribution in [2.45, 2.75) is 24.9 Å². The number of rotatable bonds is 4. The Balaban J connectivity index is 1.52. The molecule has 1 N–H and O–H groups in total. The molecule has 2 aromatic heterocycles. The zero-order valence-electron chi connectivity index (χ0n) is 13.0. The second-order valence-electron chi connectivity index (χ2n) is 5.93. The maximum Gasteiger partial charge on any atom is 0.405 e. The van der Waals surface area contributed by atoms with Crippen molar-refractivity contribution in [1.82, 2.24) is 24.8 Å². The van der Waals surface area contributed by atoms with Crippen molar-refractivity contribution in [2.24, 2.45) is 0 Å². The monoisotopic (exact) mass is 341 g/mol. The number of likely N-dealkylation sites (tertiary alicyclic amines) is 1. The summed E-state index contributed by atoms with van der Waals surface area (Å²) in [5, 5.41) is 10.3. The molecule has 1 aliphatic rings. The topological polar surface area (TPSA) is 62.5 Å². The largest absolute Gasteiger partial charge is 0.405 e. The van der Waals surface area contributed by atoms with Gasteiger partial charge in [-0.2, -0.15) is 13.2 Å². The molecule has 130 valence electrons. The lowest BCUT2D eigenvalue weighted by Gasteiger charge is -2.30. The van der Waals surface area contributed by atoms with Crippen molar-refractivity contribution in [1.29, 1.82) is 0 Å². The molecule has 3 rings (SSSR count). The average molecular weight is 341 g/mol. The maximum absolute atomic E-state index is 12.1. The quantitative estimate of drug-likeness (QED) is 0.917. The lowest BCUT2D eigenvalue weighted by atomic mass is 9.96. The van der Waals surface area contributed by atoms with Crippen LogP contribution in [0.5, 0.6) is 0 Å². The summed E-state index contributed by atoms with van der Waals surface area (Å²) in [6.07, 6.45) is -0.872. The Hall–Kier alpha value is -2.16. The second-order valence-corrected chi connectivity index (χ2v) is 5.93. The molecule has 0 atom stereocenters. The number of hydrogen-bond donors (Lipinski definition) is 1. The zero-order valence-corrected chi connectivity index (χ0v) is 13.0. The van der Waals surface area contributed by atoms with E-state index in [1.807, 2.05) is 39.0 Å². The summed E-state index contributed by atoms with van der Waals surface area (Å²) >= 11 is 0. The fourth-order valence-corrected chi connectivity index (χ4v) is 2.95. The van der Waals surface area contributed by atoms with Gasteiger partial charge >= 0.3 is 6.18 Å². The molecule has 0 spiro atoms. The van der Waals surface area contributed by atoms with Crippen molar-refractivity contribution in [2.75, 3.05) is 26.2 Å². The Kier molecular flexibility index (Phi) is 4.70. The standard InChI is InChI=1S/C15H18F3N5O/c16-15(17,18)10-19-13(24)9-22-7-4-11(5-8-22)14-21-20-12-3-1-2-6-23(12)14/h1-3,6,11H,4-5,7-10H2,(H,19,24). The van der Waals surface area contributed by atoms with E-state index in [1.54, 1.807) is 0 Å². The van der Waals surface area contributed by atoms with Crippen molar-refractivity contribution in [3.05, 3.63) is 30.2 Å². The fourth-order valence-electron chi connectivity index (χ4n) is 2.95. The van der Waals surface area contributed by atoms with Gasteiger partial charge in [0, 0.05) is 12.1 Å². The van der Waals surface area contributed by atoms with Crippen LogP contribution in [0.4, 0.5) is 13.2 Å². The Bertz CT molecular complexity index is 706. The van der Waals surface area contributed by atoms with E-state index in [1.165, 1.54) is 0 Å². The highest BCUT2D eigenvalue weighted by atomic mass is 19.4. The van der Waals surface area contributed by atoms with E-state index in [4.69, 9.17) is 0 Å². The van der Waals surface area contributed by atoms with Gasteiger partial charge in [-0.1, -0.05) is 6.07 Å². The second kappa shape index (κ2) is 6.76.